The number of nitrogens with zero attached hydrogens (tertiary/aromatic N) is 3. The van der Waals surface area contributed by atoms with Gasteiger partial charge in [0, 0.05) is 5.69 Å². The van der Waals surface area contributed by atoms with Crippen LogP contribution in [0.25, 0.3) is 28.0 Å². The van der Waals surface area contributed by atoms with Crippen LogP contribution in [0.2, 0.25) is 0 Å². The number of nitrogens with one attached hydrogen (secondary N) is 1. The van der Waals surface area contributed by atoms with Gasteiger partial charge in [-0.15, -0.1) is 0 Å². The van der Waals surface area contributed by atoms with E-state index in [4.69, 9.17) is 4.74 Å². The molecule has 0 fully saturated rings. The first-order valence-electron chi connectivity index (χ1n) is 9.89. The van der Waals surface area contributed by atoms with E-state index in [1.165, 1.54) is 0 Å². The predicted octanol–water partition coefficient (Wildman–Crippen LogP) is 3.63. The second kappa shape index (κ2) is 7.85. The van der Waals surface area contributed by atoms with Crippen molar-refractivity contribution in [3.05, 3.63) is 111 Å². The standard InChI is InChI=1S/C25H16N4O3/c26-14-17-6-7-18-13-21-23(27-25(31)28-24(21)30)29(22(18)12-17)19-8-10-20(11-9-19)32-15-16-4-2-1-3-5-16/h1-13H,15H2,(H,28,30,31). The number of ether oxygens (including phenoxy) is 1. The van der Waals surface area contributed by atoms with Crippen LogP contribution in [0.3, 0.4) is 0 Å². The summed E-state index contributed by atoms with van der Waals surface area (Å²) in [7, 11) is 0. The molecule has 2 heterocycles. The van der Waals surface area contributed by atoms with E-state index in [0.717, 1.165) is 10.9 Å². The third kappa shape index (κ3) is 3.50. The fourth-order valence-electron chi connectivity index (χ4n) is 3.64. The maximum Gasteiger partial charge on any atom is 0.349 e. The largest absolute Gasteiger partial charge is 0.489 e. The molecule has 2 aliphatic rings. The second-order valence-electron chi connectivity index (χ2n) is 7.24. The molecule has 0 spiro atoms. The summed E-state index contributed by atoms with van der Waals surface area (Å²) < 4.78 is 7.57. The first-order valence-corrected chi connectivity index (χ1v) is 9.89. The quantitative estimate of drug-likeness (QED) is 0.448. The van der Waals surface area contributed by atoms with Gasteiger partial charge in [-0.05, 0) is 53.4 Å². The number of aromatic nitrogens is 3. The highest BCUT2D eigenvalue weighted by Crippen LogP contribution is 2.29. The van der Waals surface area contributed by atoms with Crippen LogP contribution in [0.4, 0.5) is 0 Å². The molecule has 2 aliphatic heterocycles. The van der Waals surface area contributed by atoms with Gasteiger partial charge >= 0.3 is 5.69 Å². The lowest BCUT2D eigenvalue weighted by Crippen LogP contribution is -2.27. The van der Waals surface area contributed by atoms with E-state index in [0.29, 0.717) is 29.1 Å². The summed E-state index contributed by atoms with van der Waals surface area (Å²) in [6, 6.07) is 26.1. The summed E-state index contributed by atoms with van der Waals surface area (Å²) in [4.78, 5) is 30.7. The highest BCUT2D eigenvalue weighted by molar-refractivity contribution is 5.88. The third-order valence-corrected chi connectivity index (χ3v) is 5.17. The van der Waals surface area contributed by atoms with Crippen molar-refractivity contribution in [1.82, 2.24) is 14.5 Å². The Labute approximate surface area is 182 Å². The van der Waals surface area contributed by atoms with Crippen LogP contribution in [0, 0.1) is 11.3 Å². The summed E-state index contributed by atoms with van der Waals surface area (Å²) >= 11 is 0. The zero-order chi connectivity index (χ0) is 22.1. The molecular weight excluding hydrogens is 404 g/mol. The van der Waals surface area contributed by atoms with Crippen molar-refractivity contribution in [3.63, 3.8) is 0 Å². The molecule has 0 atom stereocenters. The number of H-pyrrole nitrogens is 1. The van der Waals surface area contributed by atoms with E-state index in [2.05, 4.69) is 16.0 Å². The van der Waals surface area contributed by atoms with Gasteiger partial charge in [-0.2, -0.15) is 10.2 Å². The van der Waals surface area contributed by atoms with Crippen molar-refractivity contribution in [2.75, 3.05) is 0 Å². The number of pyridine rings is 1. The van der Waals surface area contributed by atoms with E-state index in [-0.39, 0.29) is 11.4 Å². The van der Waals surface area contributed by atoms with Crippen LogP contribution < -0.4 is 16.0 Å². The lowest BCUT2D eigenvalue weighted by molar-refractivity contribution is 0.306. The molecule has 0 unspecified atom stereocenters. The van der Waals surface area contributed by atoms with Gasteiger partial charge < -0.3 is 4.74 Å². The van der Waals surface area contributed by atoms with E-state index in [1.807, 2.05) is 54.6 Å². The summed E-state index contributed by atoms with van der Waals surface area (Å²) in [5, 5.41) is 10.1. The molecule has 0 radical (unpaired) electrons. The van der Waals surface area contributed by atoms with Crippen molar-refractivity contribution in [2.24, 2.45) is 0 Å². The highest BCUT2D eigenvalue weighted by Gasteiger charge is 2.18. The van der Waals surface area contributed by atoms with E-state index < -0.39 is 11.2 Å². The average Bonchev–Trinajstić information content (AvgIpc) is 2.82. The maximum absolute atomic E-state index is 12.4. The lowest BCUT2D eigenvalue weighted by Gasteiger charge is -2.18. The molecular formula is C25H16N4O3. The molecule has 0 saturated heterocycles. The van der Waals surface area contributed by atoms with Crippen molar-refractivity contribution < 1.29 is 4.74 Å². The lowest BCUT2D eigenvalue weighted by atomic mass is 10.1. The van der Waals surface area contributed by atoms with Gasteiger partial charge in [-0.3, -0.25) is 14.3 Å². The molecule has 0 amide bonds. The molecule has 0 saturated carbocycles. The summed E-state index contributed by atoms with van der Waals surface area (Å²) in [5.74, 6) is 0.898. The Balaban J connectivity index is 1.64. The Hall–Kier alpha value is -4.70. The number of hydrogen-bond acceptors (Lipinski definition) is 5. The van der Waals surface area contributed by atoms with E-state index in [1.54, 1.807) is 28.8 Å². The maximum atomic E-state index is 12.4. The molecule has 3 aromatic rings. The molecule has 32 heavy (non-hydrogen) atoms. The van der Waals surface area contributed by atoms with E-state index in [9.17, 15) is 14.9 Å². The van der Waals surface area contributed by atoms with Gasteiger partial charge in [0.1, 0.15) is 12.4 Å². The fourth-order valence-corrected chi connectivity index (χ4v) is 3.64. The Morgan fingerprint density at radius 2 is 1.75 bits per heavy atom. The van der Waals surface area contributed by atoms with Crippen molar-refractivity contribution in [1.29, 1.82) is 5.26 Å². The number of aromatic amines is 1. The van der Waals surface area contributed by atoms with Crippen LogP contribution in [-0.4, -0.2) is 14.5 Å². The Morgan fingerprint density at radius 3 is 2.50 bits per heavy atom. The SMILES string of the molecule is N#Cc1ccc2cc3c(=O)[nH]c(=O)nc-3n(-c3ccc(OCc4ccccc4)cc3)c2c1. The number of nitriles is 1. The molecule has 0 bridgehead atoms. The first kappa shape index (κ1) is 19.3. The Kier molecular flexibility index (Phi) is 4.73. The van der Waals surface area contributed by atoms with Gasteiger partial charge in [-0.1, -0.05) is 36.4 Å². The minimum Gasteiger partial charge on any atom is -0.489 e. The monoisotopic (exact) mass is 420 g/mol. The number of benzene rings is 3. The van der Waals surface area contributed by atoms with Gasteiger partial charge in [0.15, 0.2) is 5.82 Å². The van der Waals surface area contributed by atoms with Crippen molar-refractivity contribution in [2.45, 2.75) is 6.61 Å². The van der Waals surface area contributed by atoms with Gasteiger partial charge in [-0.25, -0.2) is 4.79 Å². The number of rotatable bonds is 4. The topological polar surface area (TPSA) is 101 Å². The zero-order valence-electron chi connectivity index (χ0n) is 16.8. The van der Waals surface area contributed by atoms with Gasteiger partial charge in [0.2, 0.25) is 0 Å². The average molecular weight is 420 g/mol. The Morgan fingerprint density at radius 1 is 0.969 bits per heavy atom. The first-order chi connectivity index (χ1) is 15.6. The minimum absolute atomic E-state index is 0.222. The number of hydrogen-bond donors (Lipinski definition) is 1. The molecule has 5 rings (SSSR count). The molecule has 154 valence electrons. The number of fused-ring (bicyclic) bond motifs is 2. The molecule has 1 N–H and O–H groups in total. The summed E-state index contributed by atoms with van der Waals surface area (Å²) in [6.45, 7) is 0.437. The van der Waals surface area contributed by atoms with Crippen LogP contribution in [0.5, 0.6) is 5.75 Å². The van der Waals surface area contributed by atoms with Crippen LogP contribution in [0.15, 0.2) is 88.5 Å². The smallest absolute Gasteiger partial charge is 0.349 e. The van der Waals surface area contributed by atoms with E-state index >= 15 is 0 Å². The van der Waals surface area contributed by atoms with Gasteiger partial charge in [0.05, 0.1) is 22.7 Å². The van der Waals surface area contributed by atoms with Crippen LogP contribution in [-0.2, 0) is 6.61 Å². The molecule has 7 nitrogen and oxygen atoms in total. The summed E-state index contributed by atoms with van der Waals surface area (Å²) in [6.07, 6.45) is 0. The van der Waals surface area contributed by atoms with Crippen LogP contribution in [0.1, 0.15) is 11.1 Å². The van der Waals surface area contributed by atoms with Crippen molar-refractivity contribution in [3.8, 4) is 28.9 Å². The fraction of sp³-hybridized carbons (Fsp3) is 0.0400. The highest BCUT2D eigenvalue weighted by atomic mass is 16.5. The zero-order valence-corrected chi connectivity index (χ0v) is 16.8. The van der Waals surface area contributed by atoms with Gasteiger partial charge in [0.25, 0.3) is 5.56 Å². The Bertz CT molecular complexity index is 1560. The summed E-state index contributed by atoms with van der Waals surface area (Å²) in [5.41, 5.74) is 1.90. The molecule has 0 aliphatic carbocycles. The molecule has 3 aromatic carbocycles. The molecule has 7 heteroatoms. The second-order valence-corrected chi connectivity index (χ2v) is 7.24. The minimum atomic E-state index is -0.727. The third-order valence-electron chi connectivity index (χ3n) is 5.17. The normalized spacial score (nSPS) is 10.8. The predicted molar refractivity (Wildman–Crippen MR) is 120 cm³/mol. The molecule has 0 aromatic heterocycles. The van der Waals surface area contributed by atoms with Crippen LogP contribution >= 0.6 is 0 Å². The van der Waals surface area contributed by atoms with Crippen molar-refractivity contribution >= 4 is 10.9 Å².